The highest BCUT2D eigenvalue weighted by atomic mass is 35.5. The maximum atomic E-state index is 4.54. The molecule has 2 aromatic rings. The molecule has 1 aliphatic rings. The van der Waals surface area contributed by atoms with Gasteiger partial charge in [0, 0.05) is 43.8 Å². The first-order chi connectivity index (χ1) is 8.81. The monoisotopic (exact) mass is 277 g/mol. The minimum absolute atomic E-state index is 0. The molecular weight excluding hydrogens is 258 g/mol. The lowest BCUT2D eigenvalue weighted by Gasteiger charge is -2.27. The SMILES string of the molecule is Cc1ccc2cc(CN3CCNCC3)ccc2n1.Cl. The topological polar surface area (TPSA) is 28.2 Å². The number of fused-ring (bicyclic) bond motifs is 1. The quantitative estimate of drug-likeness (QED) is 0.914. The van der Waals surface area contributed by atoms with Crippen molar-refractivity contribution in [3.8, 4) is 0 Å². The van der Waals surface area contributed by atoms with Crippen LogP contribution in [0.15, 0.2) is 30.3 Å². The van der Waals surface area contributed by atoms with E-state index in [0.29, 0.717) is 0 Å². The van der Waals surface area contributed by atoms with Gasteiger partial charge < -0.3 is 5.32 Å². The van der Waals surface area contributed by atoms with E-state index in [1.807, 2.05) is 6.92 Å². The van der Waals surface area contributed by atoms with Gasteiger partial charge in [0.1, 0.15) is 0 Å². The zero-order chi connectivity index (χ0) is 12.4. The molecule has 3 rings (SSSR count). The predicted molar refractivity (Wildman–Crippen MR) is 81.9 cm³/mol. The van der Waals surface area contributed by atoms with Gasteiger partial charge in [0.15, 0.2) is 0 Å². The minimum atomic E-state index is 0. The van der Waals surface area contributed by atoms with E-state index in [1.54, 1.807) is 0 Å². The largest absolute Gasteiger partial charge is 0.314 e. The van der Waals surface area contributed by atoms with E-state index >= 15 is 0 Å². The number of nitrogens with one attached hydrogen (secondary N) is 1. The van der Waals surface area contributed by atoms with Crippen LogP contribution >= 0.6 is 12.4 Å². The lowest BCUT2D eigenvalue weighted by molar-refractivity contribution is 0.233. The van der Waals surface area contributed by atoms with E-state index in [9.17, 15) is 0 Å². The van der Waals surface area contributed by atoms with Crippen LogP contribution in [0.25, 0.3) is 10.9 Å². The van der Waals surface area contributed by atoms with Gasteiger partial charge in [0.05, 0.1) is 5.52 Å². The molecule has 0 amide bonds. The molecule has 0 aliphatic carbocycles. The molecule has 0 unspecified atom stereocenters. The Balaban J connectivity index is 0.00000133. The third-order valence-corrected chi connectivity index (χ3v) is 3.51. The molecule has 1 N–H and O–H groups in total. The number of piperazine rings is 1. The summed E-state index contributed by atoms with van der Waals surface area (Å²) in [5, 5.41) is 4.63. The number of aryl methyl sites for hydroxylation is 1. The lowest BCUT2D eigenvalue weighted by atomic mass is 10.1. The first-order valence-corrected chi connectivity index (χ1v) is 6.61. The van der Waals surface area contributed by atoms with E-state index in [2.05, 4.69) is 45.5 Å². The Morgan fingerprint density at radius 2 is 1.95 bits per heavy atom. The van der Waals surface area contributed by atoms with Crippen molar-refractivity contribution in [3.63, 3.8) is 0 Å². The Kier molecular flexibility index (Phi) is 4.75. The Morgan fingerprint density at radius 1 is 1.16 bits per heavy atom. The third kappa shape index (κ3) is 3.44. The zero-order valence-corrected chi connectivity index (χ0v) is 12.0. The molecule has 1 fully saturated rings. The van der Waals surface area contributed by atoms with Crippen molar-refractivity contribution in [3.05, 3.63) is 41.6 Å². The second-order valence-corrected chi connectivity index (χ2v) is 5.01. The highest BCUT2D eigenvalue weighted by Gasteiger charge is 2.10. The number of halogens is 1. The molecule has 1 aromatic heterocycles. The first kappa shape index (κ1) is 14.3. The average Bonchev–Trinajstić information content (AvgIpc) is 2.40. The van der Waals surface area contributed by atoms with Crippen molar-refractivity contribution in [2.24, 2.45) is 0 Å². The Hall–Kier alpha value is -1.16. The van der Waals surface area contributed by atoms with Crippen molar-refractivity contribution in [2.75, 3.05) is 26.2 Å². The normalized spacial score (nSPS) is 16.3. The fourth-order valence-corrected chi connectivity index (χ4v) is 2.50. The molecule has 1 aliphatic heterocycles. The molecule has 0 spiro atoms. The fraction of sp³-hybridized carbons (Fsp3) is 0.400. The summed E-state index contributed by atoms with van der Waals surface area (Å²) in [7, 11) is 0. The average molecular weight is 278 g/mol. The van der Waals surface area contributed by atoms with Crippen molar-refractivity contribution >= 4 is 23.3 Å². The fourth-order valence-electron chi connectivity index (χ4n) is 2.50. The lowest BCUT2D eigenvalue weighted by Crippen LogP contribution is -2.42. The minimum Gasteiger partial charge on any atom is -0.314 e. The predicted octanol–water partition coefficient (Wildman–Crippen LogP) is 2.37. The van der Waals surface area contributed by atoms with Gasteiger partial charge in [-0.1, -0.05) is 12.1 Å². The van der Waals surface area contributed by atoms with Crippen LogP contribution in [0.3, 0.4) is 0 Å². The third-order valence-electron chi connectivity index (χ3n) is 3.51. The number of benzene rings is 1. The molecule has 4 heteroatoms. The second kappa shape index (κ2) is 6.33. The summed E-state index contributed by atoms with van der Waals surface area (Å²) < 4.78 is 0. The van der Waals surface area contributed by atoms with Gasteiger partial charge in [-0.25, -0.2) is 0 Å². The Morgan fingerprint density at radius 3 is 2.74 bits per heavy atom. The molecule has 102 valence electrons. The van der Waals surface area contributed by atoms with E-state index in [0.717, 1.165) is 43.9 Å². The highest BCUT2D eigenvalue weighted by Crippen LogP contribution is 2.16. The molecule has 1 aromatic carbocycles. The van der Waals surface area contributed by atoms with Gasteiger partial charge in [-0.3, -0.25) is 9.88 Å². The number of rotatable bonds is 2. The zero-order valence-electron chi connectivity index (χ0n) is 11.2. The second-order valence-electron chi connectivity index (χ2n) is 5.01. The van der Waals surface area contributed by atoms with Crippen LogP contribution in [0.1, 0.15) is 11.3 Å². The molecule has 0 atom stereocenters. The molecule has 19 heavy (non-hydrogen) atoms. The van der Waals surface area contributed by atoms with Crippen LogP contribution in [0.2, 0.25) is 0 Å². The molecule has 2 heterocycles. The van der Waals surface area contributed by atoms with Gasteiger partial charge in [-0.05, 0) is 30.7 Å². The van der Waals surface area contributed by atoms with Crippen LogP contribution < -0.4 is 5.32 Å². The van der Waals surface area contributed by atoms with Gasteiger partial charge >= 0.3 is 0 Å². The summed E-state index contributed by atoms with van der Waals surface area (Å²) in [6.45, 7) is 7.58. The van der Waals surface area contributed by atoms with Gasteiger partial charge in [-0.2, -0.15) is 0 Å². The maximum Gasteiger partial charge on any atom is 0.0705 e. The highest BCUT2D eigenvalue weighted by molar-refractivity contribution is 5.85. The van der Waals surface area contributed by atoms with E-state index in [-0.39, 0.29) is 12.4 Å². The summed E-state index contributed by atoms with van der Waals surface area (Å²) in [6.07, 6.45) is 0. The standard InChI is InChI=1S/C15H19N3.ClH/c1-12-2-4-14-10-13(3-5-15(14)17-12)11-18-8-6-16-7-9-18;/h2-5,10,16H,6-9,11H2,1H3;1H. The van der Waals surface area contributed by atoms with Crippen molar-refractivity contribution in [1.29, 1.82) is 0 Å². The number of hydrogen-bond acceptors (Lipinski definition) is 3. The van der Waals surface area contributed by atoms with Crippen LogP contribution in [-0.2, 0) is 6.54 Å². The van der Waals surface area contributed by atoms with E-state index < -0.39 is 0 Å². The van der Waals surface area contributed by atoms with Crippen molar-refractivity contribution in [2.45, 2.75) is 13.5 Å². The number of aromatic nitrogens is 1. The summed E-state index contributed by atoms with van der Waals surface area (Å²) in [5.41, 5.74) is 3.56. The summed E-state index contributed by atoms with van der Waals surface area (Å²) >= 11 is 0. The molecule has 0 saturated carbocycles. The number of nitrogens with zero attached hydrogens (tertiary/aromatic N) is 2. The summed E-state index contributed by atoms with van der Waals surface area (Å²) in [5.74, 6) is 0. The van der Waals surface area contributed by atoms with Crippen LogP contribution in [0, 0.1) is 6.92 Å². The Bertz CT molecular complexity index is 550. The number of pyridine rings is 1. The Labute approximate surface area is 120 Å². The number of hydrogen-bond donors (Lipinski definition) is 1. The van der Waals surface area contributed by atoms with Gasteiger partial charge in [0.2, 0.25) is 0 Å². The van der Waals surface area contributed by atoms with E-state index in [1.165, 1.54) is 10.9 Å². The van der Waals surface area contributed by atoms with Crippen LogP contribution in [0.5, 0.6) is 0 Å². The van der Waals surface area contributed by atoms with Crippen molar-refractivity contribution in [1.82, 2.24) is 15.2 Å². The summed E-state index contributed by atoms with van der Waals surface area (Å²) in [4.78, 5) is 7.04. The summed E-state index contributed by atoms with van der Waals surface area (Å²) in [6, 6.07) is 10.9. The van der Waals surface area contributed by atoms with Gasteiger partial charge in [0.25, 0.3) is 0 Å². The van der Waals surface area contributed by atoms with Crippen LogP contribution in [0.4, 0.5) is 0 Å². The van der Waals surface area contributed by atoms with Gasteiger partial charge in [-0.15, -0.1) is 12.4 Å². The molecular formula is C15H20ClN3. The molecule has 0 radical (unpaired) electrons. The smallest absolute Gasteiger partial charge is 0.0705 e. The van der Waals surface area contributed by atoms with E-state index in [4.69, 9.17) is 0 Å². The van der Waals surface area contributed by atoms with Crippen molar-refractivity contribution < 1.29 is 0 Å². The molecule has 0 bridgehead atoms. The maximum absolute atomic E-state index is 4.54. The van der Waals surface area contributed by atoms with Crippen LogP contribution in [-0.4, -0.2) is 36.1 Å². The molecule has 1 saturated heterocycles. The molecule has 3 nitrogen and oxygen atoms in total. The first-order valence-electron chi connectivity index (χ1n) is 6.61.